The van der Waals surface area contributed by atoms with Gasteiger partial charge in [0.05, 0.1) is 11.1 Å². The molecule has 0 aliphatic rings. The second kappa shape index (κ2) is 11.2. The first-order valence-electron chi connectivity index (χ1n) is 11.6. The van der Waals surface area contributed by atoms with E-state index in [9.17, 15) is 19.5 Å². The minimum atomic E-state index is -1.31. The van der Waals surface area contributed by atoms with Crippen LogP contribution in [0.15, 0.2) is 60.7 Å². The van der Waals surface area contributed by atoms with Crippen LogP contribution >= 0.6 is 0 Å². The van der Waals surface area contributed by atoms with Gasteiger partial charge in [-0.2, -0.15) is 9.97 Å². The molecule has 0 unspecified atom stereocenters. The number of hydrogen-bond donors (Lipinski definition) is 6. The second-order valence-corrected chi connectivity index (χ2v) is 8.43. The standard InChI is InChI=1S/C26H25N7O5/c27-22-18-12-16(21(14-4-2-1-3-5-14)31-23(18)33-26(28)32-22)13-29-17-8-6-15(7-9-17)24(36)30-19(25(37)38)10-11-20(34)35/h1-9,12,19,29H,10-11,13H2,(H,30,36)(H,34,35)(H,37,38)(H4,27,28,31,32,33)/t19-/m0/s1. The van der Waals surface area contributed by atoms with Gasteiger partial charge in [0.2, 0.25) is 5.95 Å². The molecule has 4 rings (SSSR count). The van der Waals surface area contributed by atoms with Gasteiger partial charge in [-0.05, 0) is 42.3 Å². The van der Waals surface area contributed by atoms with Crippen molar-refractivity contribution in [3.05, 3.63) is 71.8 Å². The number of nitrogens with zero attached hydrogens (tertiary/aromatic N) is 3. The van der Waals surface area contributed by atoms with Crippen LogP contribution < -0.4 is 22.1 Å². The van der Waals surface area contributed by atoms with E-state index in [1.54, 1.807) is 24.3 Å². The number of carboxylic acid groups (broad SMARTS) is 2. The summed E-state index contributed by atoms with van der Waals surface area (Å²) < 4.78 is 0. The minimum absolute atomic E-state index is 0.0353. The van der Waals surface area contributed by atoms with Gasteiger partial charge in [-0.25, -0.2) is 9.78 Å². The van der Waals surface area contributed by atoms with Crippen LogP contribution in [-0.2, 0) is 16.1 Å². The minimum Gasteiger partial charge on any atom is -0.481 e. The number of pyridine rings is 1. The maximum Gasteiger partial charge on any atom is 0.326 e. The Labute approximate surface area is 216 Å². The van der Waals surface area contributed by atoms with E-state index in [2.05, 4.69) is 20.6 Å². The number of nitrogens with two attached hydrogens (primary N) is 2. The quantitative estimate of drug-likeness (QED) is 0.181. The molecule has 4 aromatic rings. The summed E-state index contributed by atoms with van der Waals surface area (Å²) in [5.74, 6) is -2.80. The molecule has 0 saturated heterocycles. The second-order valence-electron chi connectivity index (χ2n) is 8.43. The highest BCUT2D eigenvalue weighted by Crippen LogP contribution is 2.28. The molecule has 0 radical (unpaired) electrons. The summed E-state index contributed by atoms with van der Waals surface area (Å²) >= 11 is 0. The van der Waals surface area contributed by atoms with E-state index < -0.39 is 23.9 Å². The van der Waals surface area contributed by atoms with E-state index in [4.69, 9.17) is 21.6 Å². The van der Waals surface area contributed by atoms with E-state index >= 15 is 0 Å². The SMILES string of the molecule is Nc1nc(N)c2cc(CNc3ccc(C(=O)N[C@@H](CCC(=O)O)C(=O)O)cc3)c(-c3ccccc3)nc2n1. The summed E-state index contributed by atoms with van der Waals surface area (Å²) in [5, 5.41) is 24.3. The number of hydrogen-bond acceptors (Lipinski definition) is 9. The molecule has 0 bridgehead atoms. The molecule has 2 aromatic heterocycles. The number of benzene rings is 2. The zero-order valence-electron chi connectivity index (χ0n) is 20.1. The molecule has 194 valence electrons. The predicted molar refractivity (Wildman–Crippen MR) is 141 cm³/mol. The van der Waals surface area contributed by atoms with Crippen molar-refractivity contribution in [2.75, 3.05) is 16.8 Å². The lowest BCUT2D eigenvalue weighted by atomic mass is 10.0. The molecule has 0 fully saturated rings. The molecule has 0 aliphatic heterocycles. The normalized spacial score (nSPS) is 11.6. The van der Waals surface area contributed by atoms with Crippen molar-refractivity contribution >= 4 is 46.3 Å². The molecule has 38 heavy (non-hydrogen) atoms. The first-order valence-corrected chi connectivity index (χ1v) is 11.6. The van der Waals surface area contributed by atoms with Gasteiger partial charge < -0.3 is 32.3 Å². The number of anilines is 3. The fourth-order valence-electron chi connectivity index (χ4n) is 3.82. The number of amides is 1. The Balaban J connectivity index is 1.52. The summed E-state index contributed by atoms with van der Waals surface area (Å²) in [5.41, 5.74) is 15.5. The fraction of sp³-hybridized carbons (Fsp3) is 0.154. The smallest absolute Gasteiger partial charge is 0.326 e. The molecular weight excluding hydrogens is 490 g/mol. The van der Waals surface area contributed by atoms with Crippen LogP contribution in [0, 0.1) is 0 Å². The van der Waals surface area contributed by atoms with Gasteiger partial charge in [-0.1, -0.05) is 30.3 Å². The molecular formula is C26H25N7O5. The van der Waals surface area contributed by atoms with Crippen LogP contribution in [0.4, 0.5) is 17.5 Å². The largest absolute Gasteiger partial charge is 0.481 e. The summed E-state index contributed by atoms with van der Waals surface area (Å²) in [6.07, 6.45) is -0.596. The van der Waals surface area contributed by atoms with Crippen molar-refractivity contribution < 1.29 is 24.6 Å². The summed E-state index contributed by atoms with van der Waals surface area (Å²) in [6.45, 7) is 0.360. The molecule has 12 nitrogen and oxygen atoms in total. The van der Waals surface area contributed by atoms with E-state index in [1.165, 1.54) is 0 Å². The molecule has 0 aliphatic carbocycles. The van der Waals surface area contributed by atoms with Crippen molar-refractivity contribution in [1.29, 1.82) is 0 Å². The highest BCUT2D eigenvalue weighted by molar-refractivity contribution is 5.97. The third-order valence-corrected chi connectivity index (χ3v) is 5.74. The van der Waals surface area contributed by atoms with Gasteiger partial charge in [0.25, 0.3) is 5.91 Å². The third kappa shape index (κ3) is 6.10. The maximum absolute atomic E-state index is 12.5. The maximum atomic E-state index is 12.5. The average Bonchev–Trinajstić information content (AvgIpc) is 2.90. The van der Waals surface area contributed by atoms with Gasteiger partial charge in [0.15, 0.2) is 5.65 Å². The molecule has 1 amide bonds. The van der Waals surface area contributed by atoms with Gasteiger partial charge in [-0.3, -0.25) is 9.59 Å². The topological polar surface area (TPSA) is 206 Å². The van der Waals surface area contributed by atoms with Crippen molar-refractivity contribution in [3.63, 3.8) is 0 Å². The van der Waals surface area contributed by atoms with Crippen molar-refractivity contribution in [3.8, 4) is 11.3 Å². The van der Waals surface area contributed by atoms with E-state index in [-0.39, 0.29) is 30.2 Å². The number of fused-ring (bicyclic) bond motifs is 1. The van der Waals surface area contributed by atoms with Crippen molar-refractivity contribution in [2.45, 2.75) is 25.4 Å². The molecule has 0 spiro atoms. The molecule has 12 heteroatoms. The van der Waals surface area contributed by atoms with Crippen molar-refractivity contribution in [2.24, 2.45) is 0 Å². The molecule has 8 N–H and O–H groups in total. The van der Waals surface area contributed by atoms with Crippen molar-refractivity contribution in [1.82, 2.24) is 20.3 Å². The van der Waals surface area contributed by atoms with E-state index in [1.807, 2.05) is 36.4 Å². The first kappa shape index (κ1) is 25.8. The predicted octanol–water partition coefficient (Wildman–Crippen LogP) is 2.52. The number of aliphatic carboxylic acids is 2. The molecule has 2 aromatic carbocycles. The number of carboxylic acids is 2. The Morgan fingerprint density at radius 1 is 0.921 bits per heavy atom. The summed E-state index contributed by atoms with van der Waals surface area (Å²) in [4.78, 5) is 47.5. The van der Waals surface area contributed by atoms with Crippen LogP contribution in [0.5, 0.6) is 0 Å². The Bertz CT molecular complexity index is 1490. The Morgan fingerprint density at radius 2 is 1.63 bits per heavy atom. The van der Waals surface area contributed by atoms with E-state index in [0.29, 0.717) is 29.0 Å². The van der Waals surface area contributed by atoms with Crippen LogP contribution in [0.3, 0.4) is 0 Å². The van der Waals surface area contributed by atoms with Crippen LogP contribution in [0.2, 0.25) is 0 Å². The Kier molecular flexibility index (Phi) is 7.61. The zero-order chi connectivity index (χ0) is 27.2. The number of nitrogens with one attached hydrogen (secondary N) is 2. The van der Waals surface area contributed by atoms with Gasteiger partial charge >= 0.3 is 11.9 Å². The van der Waals surface area contributed by atoms with Gasteiger partial charge in [-0.15, -0.1) is 0 Å². The number of nitrogen functional groups attached to an aromatic ring is 2. The Hall–Kier alpha value is -5.26. The Morgan fingerprint density at radius 3 is 2.29 bits per heavy atom. The fourth-order valence-corrected chi connectivity index (χ4v) is 3.82. The molecule has 2 heterocycles. The number of aromatic nitrogens is 3. The van der Waals surface area contributed by atoms with Crippen LogP contribution in [-0.4, -0.2) is 49.1 Å². The summed E-state index contributed by atoms with van der Waals surface area (Å²) in [6, 6.07) is 16.6. The lowest BCUT2D eigenvalue weighted by Crippen LogP contribution is -2.41. The lowest BCUT2D eigenvalue weighted by molar-refractivity contribution is -0.140. The zero-order valence-corrected chi connectivity index (χ0v) is 20.1. The third-order valence-electron chi connectivity index (χ3n) is 5.74. The first-order chi connectivity index (χ1) is 18.2. The van der Waals surface area contributed by atoms with E-state index in [0.717, 1.165) is 11.1 Å². The number of carbonyl (C=O) groups excluding carboxylic acids is 1. The number of carbonyl (C=O) groups is 3. The highest BCUT2D eigenvalue weighted by Gasteiger charge is 2.21. The van der Waals surface area contributed by atoms with Gasteiger partial charge in [0, 0.05) is 29.8 Å². The highest BCUT2D eigenvalue weighted by atomic mass is 16.4. The van der Waals surface area contributed by atoms with Crippen LogP contribution in [0.1, 0.15) is 28.8 Å². The molecule has 1 atom stereocenters. The van der Waals surface area contributed by atoms with Crippen LogP contribution in [0.25, 0.3) is 22.3 Å². The monoisotopic (exact) mass is 515 g/mol. The number of rotatable bonds is 10. The van der Waals surface area contributed by atoms with Gasteiger partial charge in [0.1, 0.15) is 11.9 Å². The average molecular weight is 516 g/mol. The lowest BCUT2D eigenvalue weighted by Gasteiger charge is -2.15. The summed E-state index contributed by atoms with van der Waals surface area (Å²) in [7, 11) is 0. The molecule has 0 saturated carbocycles.